The number of amides is 2. The molecule has 0 saturated heterocycles. The molecule has 2 amide bonds. The summed E-state index contributed by atoms with van der Waals surface area (Å²) in [6, 6.07) is 6.86. The van der Waals surface area contributed by atoms with E-state index in [-0.39, 0.29) is 42.7 Å². The number of H-pyrrole nitrogens is 1. The molecule has 0 saturated carbocycles. The summed E-state index contributed by atoms with van der Waals surface area (Å²) in [5.74, 6) is 1.70. The van der Waals surface area contributed by atoms with Crippen molar-refractivity contribution >= 4 is 11.8 Å². The maximum absolute atomic E-state index is 13.8. The number of aromatic amines is 1. The highest BCUT2D eigenvalue weighted by molar-refractivity contribution is 5.94. The molecule has 2 heterocycles. The fraction of sp³-hybridized carbons (Fsp3) is 0.481. The molecule has 3 rings (SSSR count). The van der Waals surface area contributed by atoms with Crippen molar-refractivity contribution in [2.45, 2.75) is 53.1 Å². The van der Waals surface area contributed by atoms with Crippen molar-refractivity contribution in [3.05, 3.63) is 48.3 Å². The number of nitrogens with one attached hydrogen (secondary N) is 2. The molecule has 0 unspecified atom stereocenters. The van der Waals surface area contributed by atoms with Crippen molar-refractivity contribution in [3.63, 3.8) is 0 Å². The van der Waals surface area contributed by atoms with Gasteiger partial charge in [0.1, 0.15) is 29.2 Å². The molecule has 10 nitrogen and oxygen atoms in total. The van der Waals surface area contributed by atoms with Crippen LogP contribution in [0.15, 0.2) is 41.1 Å². The first-order chi connectivity index (χ1) is 17.7. The molecular formula is C27H37N5O5. The average molecular weight is 512 g/mol. The van der Waals surface area contributed by atoms with Gasteiger partial charge in [0.15, 0.2) is 0 Å². The zero-order valence-corrected chi connectivity index (χ0v) is 22.4. The Kier molecular flexibility index (Phi) is 9.71. The van der Waals surface area contributed by atoms with Crippen LogP contribution in [0.4, 0.5) is 0 Å². The number of carbonyl (C=O) groups excluding carboxylic acids is 2. The Labute approximate surface area is 217 Å². The van der Waals surface area contributed by atoms with Crippen LogP contribution in [-0.4, -0.2) is 58.7 Å². The number of carbonyl (C=O) groups is 2. The number of methoxy groups -OCH3 is 2. The van der Waals surface area contributed by atoms with E-state index in [0.29, 0.717) is 47.3 Å². The van der Waals surface area contributed by atoms with Crippen molar-refractivity contribution < 1.29 is 23.5 Å². The van der Waals surface area contributed by atoms with E-state index >= 15 is 0 Å². The minimum Gasteiger partial charge on any atom is -0.496 e. The Morgan fingerprint density at radius 2 is 1.81 bits per heavy atom. The SMILES string of the molecule is COc1cccc(OC)c1-c1cc(C(=O)N(CC(C)C)[C@H](CC(=O)NCc2ncco2)CC(C)C)[nH]n1. The van der Waals surface area contributed by atoms with Gasteiger partial charge in [-0.25, -0.2) is 4.98 Å². The summed E-state index contributed by atoms with van der Waals surface area (Å²) in [6.07, 6.45) is 3.83. The molecule has 1 aromatic carbocycles. The average Bonchev–Trinajstić information content (AvgIpc) is 3.57. The first kappa shape index (κ1) is 27.8. The van der Waals surface area contributed by atoms with E-state index < -0.39 is 0 Å². The van der Waals surface area contributed by atoms with Crippen LogP contribution in [0.5, 0.6) is 11.5 Å². The van der Waals surface area contributed by atoms with Crippen LogP contribution in [-0.2, 0) is 11.3 Å². The number of benzene rings is 1. The summed E-state index contributed by atoms with van der Waals surface area (Å²) in [7, 11) is 3.15. The number of aromatic nitrogens is 3. The maximum atomic E-state index is 13.8. The predicted molar refractivity (Wildman–Crippen MR) is 139 cm³/mol. The van der Waals surface area contributed by atoms with Gasteiger partial charge in [0.05, 0.1) is 32.5 Å². The Hall–Kier alpha value is -3.82. The number of rotatable bonds is 13. The van der Waals surface area contributed by atoms with Gasteiger partial charge in [-0.3, -0.25) is 14.7 Å². The molecule has 0 fully saturated rings. The highest BCUT2D eigenvalue weighted by Gasteiger charge is 2.30. The molecule has 37 heavy (non-hydrogen) atoms. The van der Waals surface area contributed by atoms with Gasteiger partial charge in [0.2, 0.25) is 11.8 Å². The van der Waals surface area contributed by atoms with Crippen LogP contribution >= 0.6 is 0 Å². The van der Waals surface area contributed by atoms with Gasteiger partial charge in [0, 0.05) is 19.0 Å². The van der Waals surface area contributed by atoms with Crippen LogP contribution in [0.1, 0.15) is 56.9 Å². The second-order valence-electron chi connectivity index (χ2n) is 9.75. The Balaban J connectivity index is 1.86. The minimum atomic E-state index is -0.299. The molecule has 3 aromatic rings. The Morgan fingerprint density at radius 1 is 1.11 bits per heavy atom. The Bertz CT molecular complexity index is 1130. The molecule has 1 atom stereocenters. The van der Waals surface area contributed by atoms with Gasteiger partial charge in [-0.05, 0) is 36.5 Å². The monoisotopic (exact) mass is 511 g/mol. The zero-order valence-electron chi connectivity index (χ0n) is 22.4. The van der Waals surface area contributed by atoms with Gasteiger partial charge in [-0.2, -0.15) is 5.10 Å². The number of hydrogen-bond donors (Lipinski definition) is 2. The van der Waals surface area contributed by atoms with Crippen molar-refractivity contribution in [2.75, 3.05) is 20.8 Å². The fourth-order valence-corrected chi connectivity index (χ4v) is 4.27. The summed E-state index contributed by atoms with van der Waals surface area (Å²) in [5, 5.41) is 10.1. The van der Waals surface area contributed by atoms with Crippen molar-refractivity contribution in [3.8, 4) is 22.8 Å². The van der Waals surface area contributed by atoms with Gasteiger partial charge in [0.25, 0.3) is 5.91 Å². The van der Waals surface area contributed by atoms with Crippen molar-refractivity contribution in [1.29, 1.82) is 0 Å². The predicted octanol–water partition coefficient (Wildman–Crippen LogP) is 4.30. The fourth-order valence-electron chi connectivity index (χ4n) is 4.27. The molecule has 0 spiro atoms. The topological polar surface area (TPSA) is 123 Å². The molecular weight excluding hydrogens is 474 g/mol. The van der Waals surface area contributed by atoms with E-state index in [0.717, 1.165) is 0 Å². The second-order valence-corrected chi connectivity index (χ2v) is 9.75. The molecule has 0 bridgehead atoms. The van der Waals surface area contributed by atoms with Crippen LogP contribution in [0.2, 0.25) is 0 Å². The summed E-state index contributed by atoms with van der Waals surface area (Å²) >= 11 is 0. The van der Waals surface area contributed by atoms with E-state index in [1.807, 2.05) is 32.0 Å². The normalized spacial score (nSPS) is 12.0. The summed E-state index contributed by atoms with van der Waals surface area (Å²) in [4.78, 5) is 32.5. The van der Waals surface area contributed by atoms with E-state index in [4.69, 9.17) is 13.9 Å². The van der Waals surface area contributed by atoms with E-state index in [9.17, 15) is 9.59 Å². The van der Waals surface area contributed by atoms with Crippen LogP contribution in [0.25, 0.3) is 11.3 Å². The van der Waals surface area contributed by atoms with Crippen LogP contribution in [0.3, 0.4) is 0 Å². The molecule has 2 N–H and O–H groups in total. The van der Waals surface area contributed by atoms with Gasteiger partial charge in [-0.1, -0.05) is 33.8 Å². The lowest BCUT2D eigenvalue weighted by molar-refractivity contribution is -0.122. The number of oxazole rings is 1. The van der Waals surface area contributed by atoms with E-state index in [1.165, 1.54) is 12.5 Å². The van der Waals surface area contributed by atoms with E-state index in [1.54, 1.807) is 25.2 Å². The number of ether oxygens (including phenoxy) is 2. The molecule has 0 aliphatic heterocycles. The minimum absolute atomic E-state index is 0.165. The third kappa shape index (κ3) is 7.34. The lowest BCUT2D eigenvalue weighted by atomic mass is 9.97. The van der Waals surface area contributed by atoms with Crippen molar-refractivity contribution in [1.82, 2.24) is 25.4 Å². The van der Waals surface area contributed by atoms with Crippen molar-refractivity contribution in [2.24, 2.45) is 11.8 Å². The summed E-state index contributed by atoms with van der Waals surface area (Å²) in [6.45, 7) is 8.95. The number of nitrogens with zero attached hydrogens (tertiary/aromatic N) is 3. The van der Waals surface area contributed by atoms with Gasteiger partial charge >= 0.3 is 0 Å². The first-order valence-electron chi connectivity index (χ1n) is 12.5. The second kappa shape index (κ2) is 12.9. The molecule has 0 aliphatic rings. The maximum Gasteiger partial charge on any atom is 0.272 e. The highest BCUT2D eigenvalue weighted by atomic mass is 16.5. The van der Waals surface area contributed by atoms with Gasteiger partial charge < -0.3 is 24.1 Å². The van der Waals surface area contributed by atoms with Crippen LogP contribution in [0, 0.1) is 11.8 Å². The van der Waals surface area contributed by atoms with Crippen LogP contribution < -0.4 is 14.8 Å². The molecule has 200 valence electrons. The molecule has 0 radical (unpaired) electrons. The summed E-state index contributed by atoms with van der Waals surface area (Å²) in [5.41, 5.74) is 1.52. The first-order valence-corrected chi connectivity index (χ1v) is 12.5. The van der Waals surface area contributed by atoms with Gasteiger partial charge in [-0.15, -0.1) is 0 Å². The highest BCUT2D eigenvalue weighted by Crippen LogP contribution is 2.37. The number of hydrogen-bond acceptors (Lipinski definition) is 7. The zero-order chi connectivity index (χ0) is 26.9. The quantitative estimate of drug-likeness (QED) is 0.351. The van der Waals surface area contributed by atoms with E-state index in [2.05, 4.69) is 34.3 Å². The lowest BCUT2D eigenvalue weighted by Crippen LogP contribution is -2.45. The largest absolute Gasteiger partial charge is 0.496 e. The third-order valence-electron chi connectivity index (χ3n) is 5.84. The smallest absolute Gasteiger partial charge is 0.272 e. The molecule has 0 aliphatic carbocycles. The lowest BCUT2D eigenvalue weighted by Gasteiger charge is -2.33. The molecule has 2 aromatic heterocycles. The standard InChI is InChI=1S/C27H37N5O5/c1-17(2)12-19(13-24(33)29-15-25-28-10-11-37-25)32(16-18(3)4)27(34)21-14-20(30-31-21)26-22(35-5)8-7-9-23(26)36-6/h7-11,14,17-19H,12-13,15-16H2,1-6H3,(H,29,33)(H,30,31)/t19-/m0/s1. The Morgan fingerprint density at radius 3 is 2.38 bits per heavy atom. The third-order valence-corrected chi connectivity index (χ3v) is 5.84. The molecule has 10 heteroatoms. The summed E-state index contributed by atoms with van der Waals surface area (Å²) < 4.78 is 16.2.